The summed E-state index contributed by atoms with van der Waals surface area (Å²) in [5.74, 6) is 0.108. The normalized spacial score (nSPS) is 12.3. The number of ether oxygens (including phenoxy) is 3. The number of carbonyl (C=O) groups is 3. The summed E-state index contributed by atoms with van der Waals surface area (Å²) >= 11 is 0. The summed E-state index contributed by atoms with van der Waals surface area (Å²) in [4.78, 5) is 38.4. The summed E-state index contributed by atoms with van der Waals surface area (Å²) in [5, 5.41) is 0. The molecule has 0 spiro atoms. The van der Waals surface area contributed by atoms with Crippen molar-refractivity contribution in [3.63, 3.8) is 0 Å². The van der Waals surface area contributed by atoms with Gasteiger partial charge in [0.15, 0.2) is 0 Å². The molecule has 0 aliphatic heterocycles. The topological polar surface area (TPSA) is 82.1 Å². The van der Waals surface area contributed by atoms with E-state index in [9.17, 15) is 14.4 Å². The number of unbranched alkanes of at least 4 members (excludes halogenated alkanes) is 16. The Kier molecular flexibility index (Phi) is 35.5. The van der Waals surface area contributed by atoms with Gasteiger partial charge in [-0.25, -0.2) is 0 Å². The molecule has 49 heavy (non-hydrogen) atoms. The molecule has 0 unspecified atom stereocenters. The van der Waals surface area contributed by atoms with Gasteiger partial charge in [-0.05, 0) is 84.3 Å². The average molecular weight is 692 g/mol. The molecule has 0 aromatic heterocycles. The van der Waals surface area contributed by atoms with Crippen LogP contribution in [0.2, 0.25) is 0 Å². The number of esters is 3. The second-order valence-corrected chi connectivity index (χ2v) is 14.1. The first kappa shape index (κ1) is 46.9. The Labute approximate surface area is 302 Å². The van der Waals surface area contributed by atoms with Crippen LogP contribution < -0.4 is 0 Å². The molecular weight excluding hydrogens is 614 g/mol. The molecule has 0 rings (SSSR count). The lowest BCUT2D eigenvalue weighted by atomic mass is 9.94. The van der Waals surface area contributed by atoms with E-state index in [0.29, 0.717) is 45.0 Å². The van der Waals surface area contributed by atoms with E-state index in [-0.39, 0.29) is 17.9 Å². The van der Waals surface area contributed by atoms with Crippen LogP contribution in [0.25, 0.3) is 0 Å². The van der Waals surface area contributed by atoms with E-state index in [4.69, 9.17) is 14.2 Å². The number of hydrogen-bond donors (Lipinski definition) is 0. The zero-order chi connectivity index (χ0) is 36.0. The molecule has 0 atom stereocenters. The van der Waals surface area contributed by atoms with E-state index >= 15 is 0 Å². The quantitative estimate of drug-likeness (QED) is 0.0280. The van der Waals surface area contributed by atoms with Crippen molar-refractivity contribution in [3.05, 3.63) is 24.3 Å². The van der Waals surface area contributed by atoms with Gasteiger partial charge < -0.3 is 19.1 Å². The second-order valence-electron chi connectivity index (χ2n) is 14.1. The average Bonchev–Trinajstić information content (AvgIpc) is 3.08. The zero-order valence-electron chi connectivity index (χ0n) is 32.5. The maximum absolute atomic E-state index is 12.3. The number of rotatable bonds is 36. The minimum atomic E-state index is -0.0979. The van der Waals surface area contributed by atoms with E-state index in [2.05, 4.69) is 30.9 Å². The molecule has 0 aliphatic rings. The molecule has 7 heteroatoms. The van der Waals surface area contributed by atoms with Crippen molar-refractivity contribution in [1.29, 1.82) is 0 Å². The van der Waals surface area contributed by atoms with Gasteiger partial charge in [0.1, 0.15) is 13.2 Å². The van der Waals surface area contributed by atoms with Crippen molar-refractivity contribution in [2.75, 3.05) is 40.5 Å². The van der Waals surface area contributed by atoms with Gasteiger partial charge in [-0.3, -0.25) is 14.4 Å². The van der Waals surface area contributed by atoms with Crippen LogP contribution in [0.5, 0.6) is 0 Å². The molecule has 0 heterocycles. The maximum atomic E-state index is 12.3. The van der Waals surface area contributed by atoms with Crippen LogP contribution in [0.15, 0.2) is 24.3 Å². The van der Waals surface area contributed by atoms with Crippen molar-refractivity contribution in [1.82, 2.24) is 4.90 Å². The highest BCUT2D eigenvalue weighted by molar-refractivity contribution is 5.70. The van der Waals surface area contributed by atoms with Crippen LogP contribution >= 0.6 is 0 Å². The third-order valence-electron chi connectivity index (χ3n) is 8.92. The molecule has 0 aromatic carbocycles. The molecule has 0 saturated carbocycles. The van der Waals surface area contributed by atoms with Crippen LogP contribution in [-0.4, -0.2) is 63.3 Å². The summed E-state index contributed by atoms with van der Waals surface area (Å²) < 4.78 is 16.4. The predicted molar refractivity (Wildman–Crippen MR) is 205 cm³/mol. The molecule has 0 fully saturated rings. The minimum Gasteiger partial charge on any atom is -0.465 e. The Morgan fingerprint density at radius 3 is 1.37 bits per heavy atom. The highest BCUT2D eigenvalue weighted by Gasteiger charge is 2.13. The van der Waals surface area contributed by atoms with Crippen LogP contribution in [-0.2, 0) is 28.6 Å². The standard InChI is InChI=1S/C42H77NO6/c1-5-7-9-11-13-21-27-36-47-40(44)32-25-19-15-17-23-30-39(38-49-42(46)34-29-35-43(3)4)31-24-18-16-20-26-33-41(45)48-37-28-22-14-12-10-8-6-2/h21-22,27-28,39H,5-20,23-26,29-38H2,1-4H3. The van der Waals surface area contributed by atoms with Crippen LogP contribution in [0.4, 0.5) is 0 Å². The highest BCUT2D eigenvalue weighted by Crippen LogP contribution is 2.20. The number of nitrogens with zero attached hydrogens (tertiary/aromatic N) is 1. The molecule has 7 nitrogen and oxygen atoms in total. The summed E-state index contributed by atoms with van der Waals surface area (Å²) in [7, 11) is 4.04. The lowest BCUT2D eigenvalue weighted by molar-refractivity contribution is -0.145. The summed E-state index contributed by atoms with van der Waals surface area (Å²) in [6, 6.07) is 0. The van der Waals surface area contributed by atoms with Gasteiger partial charge >= 0.3 is 17.9 Å². The Morgan fingerprint density at radius 1 is 0.490 bits per heavy atom. The van der Waals surface area contributed by atoms with Gasteiger partial charge in [0.2, 0.25) is 0 Å². The molecular formula is C42H77NO6. The number of hydrogen-bond acceptors (Lipinski definition) is 7. The van der Waals surface area contributed by atoms with Gasteiger partial charge in [-0.15, -0.1) is 0 Å². The van der Waals surface area contributed by atoms with Crippen LogP contribution in [0.1, 0.15) is 181 Å². The third-order valence-corrected chi connectivity index (χ3v) is 8.92. The number of carbonyl (C=O) groups excluding carboxylic acids is 3. The Bertz CT molecular complexity index is 772. The molecule has 286 valence electrons. The lowest BCUT2D eigenvalue weighted by Crippen LogP contribution is -2.17. The smallest absolute Gasteiger partial charge is 0.306 e. The SMILES string of the molecule is CCCCCCC=CCOC(=O)CCCCCCCC(CCCCCCCC(=O)OCC=CCCCCCC)COC(=O)CCCN(C)C. The monoisotopic (exact) mass is 692 g/mol. The Hall–Kier alpha value is -2.15. The van der Waals surface area contributed by atoms with Gasteiger partial charge in [-0.1, -0.05) is 128 Å². The molecule has 0 saturated heterocycles. The predicted octanol–water partition coefficient (Wildman–Crippen LogP) is 11.1. The zero-order valence-corrected chi connectivity index (χ0v) is 32.5. The van der Waals surface area contributed by atoms with Crippen molar-refractivity contribution < 1.29 is 28.6 Å². The van der Waals surface area contributed by atoms with Gasteiger partial charge in [0, 0.05) is 19.3 Å². The Morgan fingerprint density at radius 2 is 0.898 bits per heavy atom. The second kappa shape index (κ2) is 37.1. The van der Waals surface area contributed by atoms with Crippen molar-refractivity contribution in [2.45, 2.75) is 181 Å². The fraction of sp³-hybridized carbons (Fsp3) is 0.833. The molecule has 0 N–H and O–H groups in total. The summed E-state index contributed by atoms with van der Waals surface area (Å²) in [6.07, 6.45) is 35.3. The van der Waals surface area contributed by atoms with E-state index in [0.717, 1.165) is 103 Å². The fourth-order valence-electron chi connectivity index (χ4n) is 5.78. The van der Waals surface area contributed by atoms with E-state index in [1.807, 2.05) is 26.2 Å². The van der Waals surface area contributed by atoms with E-state index < -0.39 is 0 Å². The molecule has 0 amide bonds. The lowest BCUT2D eigenvalue weighted by Gasteiger charge is -2.17. The van der Waals surface area contributed by atoms with Gasteiger partial charge in [0.25, 0.3) is 0 Å². The third kappa shape index (κ3) is 36.9. The maximum Gasteiger partial charge on any atom is 0.306 e. The summed E-state index contributed by atoms with van der Waals surface area (Å²) in [5.41, 5.74) is 0. The van der Waals surface area contributed by atoms with E-state index in [1.165, 1.54) is 51.4 Å². The largest absolute Gasteiger partial charge is 0.465 e. The molecule has 0 bridgehead atoms. The molecule has 0 radical (unpaired) electrons. The number of allylic oxidation sites excluding steroid dienone is 2. The van der Waals surface area contributed by atoms with Gasteiger partial charge in [-0.2, -0.15) is 0 Å². The van der Waals surface area contributed by atoms with E-state index in [1.54, 1.807) is 0 Å². The van der Waals surface area contributed by atoms with Gasteiger partial charge in [0.05, 0.1) is 6.61 Å². The first-order valence-electron chi connectivity index (χ1n) is 20.3. The van der Waals surface area contributed by atoms with Crippen molar-refractivity contribution >= 4 is 17.9 Å². The van der Waals surface area contributed by atoms with Crippen molar-refractivity contribution in [2.24, 2.45) is 5.92 Å². The van der Waals surface area contributed by atoms with Crippen LogP contribution in [0, 0.1) is 5.92 Å². The molecule has 0 aromatic rings. The first-order chi connectivity index (χ1) is 23.9. The van der Waals surface area contributed by atoms with Crippen molar-refractivity contribution in [3.8, 4) is 0 Å². The fourth-order valence-corrected chi connectivity index (χ4v) is 5.78. The molecule has 0 aliphatic carbocycles. The van der Waals surface area contributed by atoms with Crippen LogP contribution in [0.3, 0.4) is 0 Å². The minimum absolute atomic E-state index is 0.0875. The Balaban J connectivity index is 4.14. The summed E-state index contributed by atoms with van der Waals surface area (Å²) in [6.45, 7) is 6.61. The highest BCUT2D eigenvalue weighted by atomic mass is 16.5. The first-order valence-corrected chi connectivity index (χ1v) is 20.3.